The van der Waals surface area contributed by atoms with Crippen LogP contribution < -0.4 is 0 Å². The Morgan fingerprint density at radius 3 is 2.92 bits per heavy atom. The van der Waals surface area contributed by atoms with Crippen molar-refractivity contribution in [3.63, 3.8) is 0 Å². The third kappa shape index (κ3) is 0.952. The van der Waals surface area contributed by atoms with Gasteiger partial charge in [0.2, 0.25) is 5.88 Å². The molecule has 0 aliphatic carbocycles. The minimum Gasteiger partial charge on any atom is -0.492 e. The van der Waals surface area contributed by atoms with E-state index in [9.17, 15) is 4.39 Å². The van der Waals surface area contributed by atoms with Gasteiger partial charge in [-0.05, 0) is 0 Å². The fourth-order valence-electron chi connectivity index (χ4n) is 0.906. The number of halogens is 1. The van der Waals surface area contributed by atoms with Crippen molar-refractivity contribution in [2.75, 3.05) is 0 Å². The van der Waals surface area contributed by atoms with Crippen LogP contribution in [0.1, 0.15) is 0 Å². The molecule has 0 saturated heterocycles. The number of rotatable bonds is 0. The Bertz CT molecular complexity index is 432. The summed E-state index contributed by atoms with van der Waals surface area (Å²) in [5, 5.41) is 9.13. The quantitative estimate of drug-likeness (QED) is 0.629. The van der Waals surface area contributed by atoms with Gasteiger partial charge in [-0.3, -0.25) is 0 Å². The predicted molar refractivity (Wildman–Crippen MR) is 39.0 cm³/mol. The molecular formula is C7H4FN3O. The van der Waals surface area contributed by atoms with Gasteiger partial charge in [0.25, 0.3) is 0 Å². The summed E-state index contributed by atoms with van der Waals surface area (Å²) >= 11 is 0. The van der Waals surface area contributed by atoms with Crippen molar-refractivity contribution < 1.29 is 9.50 Å². The molecule has 0 aliphatic heterocycles. The lowest BCUT2D eigenvalue weighted by atomic mass is 10.3. The lowest BCUT2D eigenvalue weighted by Gasteiger charge is -1.96. The van der Waals surface area contributed by atoms with Gasteiger partial charge in [0, 0.05) is 6.07 Å². The zero-order valence-electron chi connectivity index (χ0n) is 5.90. The van der Waals surface area contributed by atoms with E-state index in [1.807, 2.05) is 0 Å². The van der Waals surface area contributed by atoms with E-state index < -0.39 is 5.82 Å². The summed E-state index contributed by atoms with van der Waals surface area (Å²) in [5.74, 6) is -0.722. The van der Waals surface area contributed by atoms with Crippen molar-refractivity contribution in [2.45, 2.75) is 0 Å². The van der Waals surface area contributed by atoms with Crippen LogP contribution in [0, 0.1) is 5.82 Å². The van der Waals surface area contributed by atoms with E-state index in [-0.39, 0.29) is 11.4 Å². The summed E-state index contributed by atoms with van der Waals surface area (Å²) in [7, 11) is 0. The van der Waals surface area contributed by atoms with E-state index >= 15 is 0 Å². The van der Waals surface area contributed by atoms with Crippen molar-refractivity contribution in [3.8, 4) is 5.88 Å². The number of aromatic nitrogens is 3. The molecule has 0 spiro atoms. The summed E-state index contributed by atoms with van der Waals surface area (Å²) in [6.45, 7) is 0. The molecule has 0 amide bonds. The molecule has 2 heterocycles. The molecule has 1 N–H and O–H groups in total. The predicted octanol–water partition coefficient (Wildman–Crippen LogP) is 0.869. The van der Waals surface area contributed by atoms with Crippen molar-refractivity contribution in [1.82, 2.24) is 15.0 Å². The van der Waals surface area contributed by atoms with E-state index in [1.165, 1.54) is 6.07 Å². The van der Waals surface area contributed by atoms with Crippen LogP contribution in [0.15, 0.2) is 18.6 Å². The second kappa shape index (κ2) is 2.37. The molecule has 0 bridgehead atoms. The average Bonchev–Trinajstić information content (AvgIpc) is 2.04. The molecule has 0 atom stereocenters. The minimum absolute atomic E-state index is 0.207. The summed E-state index contributed by atoms with van der Waals surface area (Å²) in [6, 6.07) is 1.18. The molecule has 5 heteroatoms. The largest absolute Gasteiger partial charge is 0.492 e. The van der Waals surface area contributed by atoms with Gasteiger partial charge in [0.1, 0.15) is 12.1 Å². The zero-order chi connectivity index (χ0) is 8.55. The smallest absolute Gasteiger partial charge is 0.241 e. The highest BCUT2D eigenvalue weighted by atomic mass is 19.1. The highest BCUT2D eigenvalue weighted by Gasteiger charge is 2.03. The molecule has 0 aliphatic rings. The Labute approximate surface area is 66.7 Å². The van der Waals surface area contributed by atoms with Gasteiger partial charge < -0.3 is 5.11 Å². The van der Waals surface area contributed by atoms with Gasteiger partial charge >= 0.3 is 0 Å². The first-order valence-corrected chi connectivity index (χ1v) is 3.22. The van der Waals surface area contributed by atoms with E-state index in [0.717, 1.165) is 12.5 Å². The van der Waals surface area contributed by atoms with Gasteiger partial charge in [0.05, 0.1) is 11.7 Å². The molecule has 0 saturated carbocycles. The Kier molecular flexibility index (Phi) is 1.36. The van der Waals surface area contributed by atoms with Gasteiger partial charge in [-0.15, -0.1) is 0 Å². The first-order chi connectivity index (χ1) is 5.77. The van der Waals surface area contributed by atoms with Gasteiger partial charge in [-0.1, -0.05) is 0 Å². The number of aromatic hydroxyl groups is 1. The number of fused-ring (bicyclic) bond motifs is 1. The zero-order valence-corrected chi connectivity index (χ0v) is 5.90. The molecule has 0 radical (unpaired) electrons. The van der Waals surface area contributed by atoms with Crippen LogP contribution in [0.2, 0.25) is 0 Å². The number of hydrogen-bond donors (Lipinski definition) is 1. The molecule has 0 aromatic carbocycles. The highest BCUT2D eigenvalue weighted by molar-refractivity contribution is 5.77. The Morgan fingerprint density at radius 1 is 1.25 bits per heavy atom. The summed E-state index contributed by atoms with van der Waals surface area (Å²) in [4.78, 5) is 10.9. The van der Waals surface area contributed by atoms with Crippen LogP contribution in [-0.2, 0) is 0 Å². The van der Waals surface area contributed by atoms with E-state index in [4.69, 9.17) is 5.11 Å². The second-order valence-corrected chi connectivity index (χ2v) is 2.22. The van der Waals surface area contributed by atoms with Crippen LogP contribution >= 0.6 is 0 Å². The summed E-state index contributed by atoms with van der Waals surface area (Å²) < 4.78 is 12.6. The normalized spacial score (nSPS) is 10.4. The summed E-state index contributed by atoms with van der Waals surface area (Å²) in [6.07, 6.45) is 2.16. The molecule has 2 aromatic heterocycles. The van der Waals surface area contributed by atoms with Gasteiger partial charge in [-0.25, -0.2) is 19.3 Å². The molecule has 2 rings (SSSR count). The van der Waals surface area contributed by atoms with Gasteiger partial charge in [0.15, 0.2) is 5.52 Å². The first-order valence-electron chi connectivity index (χ1n) is 3.22. The number of hydrogen-bond acceptors (Lipinski definition) is 4. The maximum absolute atomic E-state index is 12.6. The van der Waals surface area contributed by atoms with Gasteiger partial charge in [-0.2, -0.15) is 0 Å². The number of nitrogens with zero attached hydrogens (tertiary/aromatic N) is 3. The fourth-order valence-corrected chi connectivity index (χ4v) is 0.906. The lowest BCUT2D eigenvalue weighted by molar-refractivity contribution is 0.457. The molecule has 0 unspecified atom stereocenters. The van der Waals surface area contributed by atoms with Crippen LogP contribution in [0.4, 0.5) is 4.39 Å². The molecule has 0 fully saturated rings. The molecule has 4 nitrogen and oxygen atoms in total. The van der Waals surface area contributed by atoms with E-state index in [2.05, 4.69) is 15.0 Å². The second-order valence-electron chi connectivity index (χ2n) is 2.22. The first kappa shape index (κ1) is 6.90. The Hall–Kier alpha value is -1.78. The van der Waals surface area contributed by atoms with Crippen molar-refractivity contribution in [1.29, 1.82) is 0 Å². The van der Waals surface area contributed by atoms with Crippen LogP contribution in [0.5, 0.6) is 5.88 Å². The van der Waals surface area contributed by atoms with Crippen molar-refractivity contribution in [3.05, 3.63) is 24.4 Å². The highest BCUT2D eigenvalue weighted by Crippen LogP contribution is 2.16. The molecular weight excluding hydrogens is 161 g/mol. The van der Waals surface area contributed by atoms with E-state index in [0.29, 0.717) is 5.52 Å². The van der Waals surface area contributed by atoms with Crippen LogP contribution in [-0.4, -0.2) is 20.1 Å². The molecule has 2 aromatic rings. The summed E-state index contributed by atoms with van der Waals surface area (Å²) in [5.41, 5.74) is 0.501. The SMILES string of the molecule is Oc1ncnc2cc(F)cnc12. The Balaban J connectivity index is 2.86. The monoisotopic (exact) mass is 165 g/mol. The average molecular weight is 165 g/mol. The minimum atomic E-state index is -0.486. The third-order valence-corrected chi connectivity index (χ3v) is 1.42. The topological polar surface area (TPSA) is 58.9 Å². The van der Waals surface area contributed by atoms with Crippen molar-refractivity contribution in [2.24, 2.45) is 0 Å². The van der Waals surface area contributed by atoms with Crippen molar-refractivity contribution >= 4 is 11.0 Å². The number of pyridine rings is 1. The van der Waals surface area contributed by atoms with E-state index in [1.54, 1.807) is 0 Å². The molecule has 12 heavy (non-hydrogen) atoms. The third-order valence-electron chi connectivity index (χ3n) is 1.42. The maximum Gasteiger partial charge on any atom is 0.241 e. The maximum atomic E-state index is 12.6. The van der Waals surface area contributed by atoms with Crippen LogP contribution in [0.25, 0.3) is 11.0 Å². The Morgan fingerprint density at radius 2 is 2.08 bits per heavy atom. The standard InChI is InChI=1S/C7H4FN3O/c8-4-1-5-6(9-2-4)7(12)11-3-10-5/h1-3H,(H,10,11,12). The van der Waals surface area contributed by atoms with Crippen LogP contribution in [0.3, 0.4) is 0 Å². The fraction of sp³-hybridized carbons (Fsp3) is 0. The molecule has 60 valence electrons. The lowest BCUT2D eigenvalue weighted by Crippen LogP contribution is -1.87.